The van der Waals surface area contributed by atoms with E-state index in [9.17, 15) is 4.79 Å². The van der Waals surface area contributed by atoms with Crippen LogP contribution >= 0.6 is 0 Å². The van der Waals surface area contributed by atoms with E-state index in [2.05, 4.69) is 18.8 Å². The Morgan fingerprint density at radius 3 is 2.50 bits per heavy atom. The van der Waals surface area contributed by atoms with E-state index in [1.165, 1.54) is 5.56 Å². The maximum absolute atomic E-state index is 11.1. The van der Waals surface area contributed by atoms with E-state index in [0.717, 1.165) is 17.0 Å². The van der Waals surface area contributed by atoms with Crippen molar-refractivity contribution in [1.82, 2.24) is 4.98 Å². The predicted octanol–water partition coefficient (Wildman–Crippen LogP) is 3.82. The number of carboxylic acids is 1. The highest BCUT2D eigenvalue weighted by Gasteiger charge is 2.15. The third-order valence-corrected chi connectivity index (χ3v) is 3.43. The molecule has 0 spiro atoms. The van der Waals surface area contributed by atoms with Crippen LogP contribution in [0.5, 0.6) is 5.75 Å². The maximum Gasteiger partial charge on any atom is 0.337 e. The molecule has 0 fully saturated rings. The van der Waals surface area contributed by atoms with Gasteiger partial charge in [0.15, 0.2) is 0 Å². The number of carboxylic acid groups (broad SMARTS) is 1. The number of aromatic amines is 1. The fourth-order valence-electron chi connectivity index (χ4n) is 2.21. The average molecular weight is 273 g/mol. The van der Waals surface area contributed by atoms with Crippen LogP contribution in [-0.4, -0.2) is 23.2 Å². The van der Waals surface area contributed by atoms with Crippen molar-refractivity contribution in [1.29, 1.82) is 0 Å². The van der Waals surface area contributed by atoms with Gasteiger partial charge in [-0.1, -0.05) is 19.9 Å². The second-order valence-corrected chi connectivity index (χ2v) is 5.14. The number of benzene rings is 1. The number of H-pyrrole nitrogens is 1. The lowest BCUT2D eigenvalue weighted by Crippen LogP contribution is -1.95. The molecule has 2 rings (SSSR count). The number of nitrogens with one attached hydrogen (secondary N) is 1. The number of aromatic nitrogens is 1. The largest absolute Gasteiger partial charge is 0.496 e. The summed E-state index contributed by atoms with van der Waals surface area (Å²) in [6.45, 7) is 5.99. The molecule has 106 valence electrons. The van der Waals surface area contributed by atoms with Gasteiger partial charge in [-0.3, -0.25) is 0 Å². The van der Waals surface area contributed by atoms with Gasteiger partial charge in [-0.25, -0.2) is 4.79 Å². The fourth-order valence-corrected chi connectivity index (χ4v) is 2.21. The lowest BCUT2D eigenvalue weighted by molar-refractivity contribution is 0.0696. The highest BCUT2D eigenvalue weighted by molar-refractivity contribution is 5.91. The van der Waals surface area contributed by atoms with E-state index in [1.807, 2.05) is 18.2 Å². The van der Waals surface area contributed by atoms with Crippen LogP contribution in [0, 0.1) is 6.92 Å². The Morgan fingerprint density at radius 2 is 2.00 bits per heavy atom. The molecule has 2 N–H and O–H groups in total. The molecule has 0 saturated carbocycles. The molecule has 0 saturated heterocycles. The molecular weight excluding hydrogens is 254 g/mol. The lowest BCUT2D eigenvalue weighted by atomic mass is 10.00. The smallest absolute Gasteiger partial charge is 0.337 e. The van der Waals surface area contributed by atoms with Gasteiger partial charge in [0.1, 0.15) is 5.75 Å². The molecule has 1 heterocycles. The fraction of sp³-hybridized carbons (Fsp3) is 0.312. The van der Waals surface area contributed by atoms with E-state index in [0.29, 0.717) is 11.6 Å². The van der Waals surface area contributed by atoms with Crippen molar-refractivity contribution >= 4 is 5.97 Å². The van der Waals surface area contributed by atoms with Gasteiger partial charge in [0.2, 0.25) is 0 Å². The van der Waals surface area contributed by atoms with E-state index in [4.69, 9.17) is 9.84 Å². The van der Waals surface area contributed by atoms with Gasteiger partial charge in [0.05, 0.1) is 18.4 Å². The van der Waals surface area contributed by atoms with Gasteiger partial charge in [0.25, 0.3) is 0 Å². The molecule has 0 atom stereocenters. The minimum absolute atomic E-state index is 0.287. The first-order valence-electron chi connectivity index (χ1n) is 6.55. The van der Waals surface area contributed by atoms with Gasteiger partial charge < -0.3 is 14.8 Å². The summed E-state index contributed by atoms with van der Waals surface area (Å²) in [5, 5.41) is 9.12. The van der Waals surface area contributed by atoms with Crippen LogP contribution in [-0.2, 0) is 0 Å². The highest BCUT2D eigenvalue weighted by atomic mass is 16.5. The summed E-state index contributed by atoms with van der Waals surface area (Å²) in [6.07, 6.45) is 0. The lowest BCUT2D eigenvalue weighted by Gasteiger charge is -2.11. The van der Waals surface area contributed by atoms with Gasteiger partial charge in [0, 0.05) is 11.3 Å². The quantitative estimate of drug-likeness (QED) is 0.890. The van der Waals surface area contributed by atoms with Crippen LogP contribution in [0.2, 0.25) is 0 Å². The van der Waals surface area contributed by atoms with Crippen molar-refractivity contribution < 1.29 is 14.6 Å². The summed E-state index contributed by atoms with van der Waals surface area (Å²) in [6, 6.07) is 7.64. The summed E-state index contributed by atoms with van der Waals surface area (Å²) in [5.74, 6) is 0.232. The van der Waals surface area contributed by atoms with Gasteiger partial charge >= 0.3 is 5.97 Å². The van der Waals surface area contributed by atoms with Crippen LogP contribution in [0.15, 0.2) is 24.3 Å². The predicted molar refractivity (Wildman–Crippen MR) is 78.6 cm³/mol. The van der Waals surface area contributed by atoms with Crippen LogP contribution in [0.3, 0.4) is 0 Å². The summed E-state index contributed by atoms with van der Waals surface area (Å²) in [7, 11) is 1.62. The number of methoxy groups -OCH3 is 1. The first-order chi connectivity index (χ1) is 9.43. The van der Waals surface area contributed by atoms with Gasteiger partial charge in [-0.05, 0) is 36.6 Å². The van der Waals surface area contributed by atoms with Crippen molar-refractivity contribution in [3.63, 3.8) is 0 Å². The zero-order chi connectivity index (χ0) is 14.9. The van der Waals surface area contributed by atoms with Crippen LogP contribution in [0.25, 0.3) is 11.3 Å². The van der Waals surface area contributed by atoms with Crippen molar-refractivity contribution in [3.8, 4) is 17.0 Å². The third kappa shape index (κ3) is 2.54. The number of ether oxygens (including phenoxy) is 1. The molecule has 1 aromatic carbocycles. The molecule has 4 heteroatoms. The SMILES string of the molecule is COc1cc(C(C)C)ccc1-c1cc(C(=O)O)c(C)[nH]1. The average Bonchev–Trinajstić information content (AvgIpc) is 2.80. The topological polar surface area (TPSA) is 62.3 Å². The second-order valence-electron chi connectivity index (χ2n) is 5.14. The molecule has 1 aromatic heterocycles. The molecule has 0 aliphatic rings. The summed E-state index contributed by atoms with van der Waals surface area (Å²) >= 11 is 0. The van der Waals surface area contributed by atoms with Crippen molar-refractivity contribution in [2.45, 2.75) is 26.7 Å². The Balaban J connectivity index is 2.52. The number of rotatable bonds is 4. The minimum Gasteiger partial charge on any atom is -0.496 e. The molecule has 20 heavy (non-hydrogen) atoms. The van der Waals surface area contributed by atoms with E-state index in [1.54, 1.807) is 20.1 Å². The Bertz CT molecular complexity index is 641. The molecule has 0 amide bonds. The number of aryl methyl sites for hydroxylation is 1. The standard InChI is InChI=1S/C16H19NO3/c1-9(2)11-5-6-12(15(7-11)20-4)14-8-13(16(18)19)10(3)17-14/h5-9,17H,1-4H3,(H,18,19). The highest BCUT2D eigenvalue weighted by Crippen LogP contribution is 2.33. The number of carbonyl (C=O) groups is 1. The molecule has 2 aromatic rings. The minimum atomic E-state index is -0.928. The van der Waals surface area contributed by atoms with Gasteiger partial charge in [-0.2, -0.15) is 0 Å². The number of hydrogen-bond acceptors (Lipinski definition) is 2. The number of aromatic carboxylic acids is 1. The van der Waals surface area contributed by atoms with Crippen molar-refractivity contribution in [3.05, 3.63) is 41.1 Å². The Hall–Kier alpha value is -2.23. The molecule has 0 aliphatic heterocycles. The maximum atomic E-state index is 11.1. The summed E-state index contributed by atoms with van der Waals surface area (Å²) < 4.78 is 5.43. The summed E-state index contributed by atoms with van der Waals surface area (Å²) in [4.78, 5) is 14.2. The van der Waals surface area contributed by atoms with Crippen molar-refractivity contribution in [2.24, 2.45) is 0 Å². The zero-order valence-corrected chi connectivity index (χ0v) is 12.2. The van der Waals surface area contributed by atoms with Gasteiger partial charge in [-0.15, -0.1) is 0 Å². The Labute approximate surface area is 118 Å². The zero-order valence-electron chi connectivity index (χ0n) is 12.2. The number of hydrogen-bond donors (Lipinski definition) is 2. The van der Waals surface area contributed by atoms with Crippen LogP contribution in [0.1, 0.15) is 41.4 Å². The van der Waals surface area contributed by atoms with E-state index < -0.39 is 5.97 Å². The van der Waals surface area contributed by atoms with Crippen LogP contribution in [0.4, 0.5) is 0 Å². The normalized spacial score (nSPS) is 10.8. The van der Waals surface area contributed by atoms with Crippen molar-refractivity contribution in [2.75, 3.05) is 7.11 Å². The first-order valence-corrected chi connectivity index (χ1v) is 6.55. The molecule has 0 radical (unpaired) electrons. The molecule has 0 bridgehead atoms. The first kappa shape index (κ1) is 14.2. The summed E-state index contributed by atoms with van der Waals surface area (Å²) in [5.41, 5.74) is 3.74. The third-order valence-electron chi connectivity index (χ3n) is 3.43. The van der Waals surface area contributed by atoms with E-state index in [-0.39, 0.29) is 5.56 Å². The second kappa shape index (κ2) is 5.41. The molecular formula is C16H19NO3. The molecule has 0 unspecified atom stereocenters. The Morgan fingerprint density at radius 1 is 1.30 bits per heavy atom. The monoisotopic (exact) mass is 273 g/mol. The van der Waals surface area contributed by atoms with E-state index >= 15 is 0 Å². The Kier molecular flexibility index (Phi) is 3.84. The molecule has 4 nitrogen and oxygen atoms in total. The molecule has 0 aliphatic carbocycles. The van der Waals surface area contributed by atoms with Crippen LogP contribution < -0.4 is 4.74 Å².